The third-order valence-corrected chi connectivity index (χ3v) is 3.40. The first-order chi connectivity index (χ1) is 10.2. The molecule has 1 unspecified atom stereocenters. The summed E-state index contributed by atoms with van der Waals surface area (Å²) in [6, 6.07) is 2.71. The van der Waals surface area contributed by atoms with Crippen LogP contribution in [0.15, 0.2) is 30.7 Å². The Morgan fingerprint density at radius 3 is 2.43 bits per heavy atom. The predicted octanol–water partition coefficient (Wildman–Crippen LogP) is 0.502. The minimum Gasteiger partial charge on any atom is -0.382 e. The number of nitrogens with zero attached hydrogens (tertiary/aromatic N) is 4. The molecule has 1 atom stereocenters. The van der Waals surface area contributed by atoms with E-state index in [1.165, 1.54) is 12.1 Å². The molecule has 0 aliphatic carbocycles. The summed E-state index contributed by atoms with van der Waals surface area (Å²) < 4.78 is 12.8. The van der Waals surface area contributed by atoms with Crippen LogP contribution in [-0.2, 0) is 0 Å². The highest BCUT2D eigenvalue weighted by molar-refractivity contribution is 5.32. The Hall–Kier alpha value is -2.12. The zero-order valence-corrected chi connectivity index (χ0v) is 11.4. The van der Waals surface area contributed by atoms with Crippen LogP contribution in [0.2, 0.25) is 0 Å². The van der Waals surface area contributed by atoms with Gasteiger partial charge in [0.25, 0.3) is 0 Å². The van der Waals surface area contributed by atoms with Gasteiger partial charge in [-0.1, -0.05) is 0 Å². The first-order valence-corrected chi connectivity index (χ1v) is 6.81. The molecule has 6 nitrogen and oxygen atoms in total. The number of pyridine rings is 1. The summed E-state index contributed by atoms with van der Waals surface area (Å²) in [7, 11) is 0. The Kier molecular flexibility index (Phi) is 4.03. The minimum atomic E-state index is -0.956. The molecular weight excluding hydrogens is 273 g/mol. The van der Waals surface area contributed by atoms with Gasteiger partial charge in [-0.2, -0.15) is 0 Å². The summed E-state index contributed by atoms with van der Waals surface area (Å²) in [6.07, 6.45) is 3.29. The van der Waals surface area contributed by atoms with Gasteiger partial charge < -0.3 is 15.3 Å². The van der Waals surface area contributed by atoms with Gasteiger partial charge in [0.1, 0.15) is 11.9 Å². The topological polar surface area (TPSA) is 74.2 Å². The normalized spacial score (nSPS) is 16.8. The third kappa shape index (κ3) is 3.14. The summed E-state index contributed by atoms with van der Waals surface area (Å²) in [4.78, 5) is 14.5. The maximum absolute atomic E-state index is 12.8. The number of piperazine rings is 1. The van der Waals surface area contributed by atoms with Crippen LogP contribution in [-0.4, -0.2) is 46.2 Å². The van der Waals surface area contributed by atoms with Crippen molar-refractivity contribution in [3.8, 4) is 0 Å². The van der Waals surface area contributed by atoms with Crippen molar-refractivity contribution < 1.29 is 9.50 Å². The molecule has 21 heavy (non-hydrogen) atoms. The number of anilines is 1. The molecule has 1 aliphatic heterocycles. The van der Waals surface area contributed by atoms with Gasteiger partial charge in [0.15, 0.2) is 0 Å². The van der Waals surface area contributed by atoms with E-state index in [0.717, 1.165) is 32.4 Å². The molecule has 1 fully saturated rings. The molecule has 1 saturated heterocycles. The van der Waals surface area contributed by atoms with Crippen LogP contribution in [0.3, 0.4) is 0 Å². The van der Waals surface area contributed by atoms with E-state index < -0.39 is 11.9 Å². The zero-order chi connectivity index (χ0) is 14.7. The Morgan fingerprint density at radius 1 is 1.10 bits per heavy atom. The van der Waals surface area contributed by atoms with Gasteiger partial charge in [-0.3, -0.25) is 4.98 Å². The molecule has 1 aliphatic rings. The SMILES string of the molecule is OC(c1cnc(N2CCNCC2)nc1)c1ccc(F)cn1. The van der Waals surface area contributed by atoms with Crippen LogP contribution < -0.4 is 10.2 Å². The van der Waals surface area contributed by atoms with Gasteiger partial charge in [0, 0.05) is 44.1 Å². The van der Waals surface area contributed by atoms with Crippen molar-refractivity contribution in [2.75, 3.05) is 31.1 Å². The molecule has 2 aromatic rings. The first kappa shape index (κ1) is 13.8. The molecule has 7 heteroatoms. The van der Waals surface area contributed by atoms with Gasteiger partial charge in [0.2, 0.25) is 5.95 Å². The number of rotatable bonds is 3. The summed E-state index contributed by atoms with van der Waals surface area (Å²) in [5, 5.41) is 13.5. The number of nitrogens with one attached hydrogen (secondary N) is 1. The van der Waals surface area contributed by atoms with Crippen molar-refractivity contribution in [1.29, 1.82) is 0 Å². The maximum Gasteiger partial charge on any atom is 0.225 e. The quantitative estimate of drug-likeness (QED) is 0.857. The number of hydrogen-bond donors (Lipinski definition) is 2. The highest BCUT2D eigenvalue weighted by Gasteiger charge is 2.16. The van der Waals surface area contributed by atoms with Gasteiger partial charge >= 0.3 is 0 Å². The van der Waals surface area contributed by atoms with E-state index in [1.807, 2.05) is 0 Å². The Labute approximate surface area is 121 Å². The van der Waals surface area contributed by atoms with E-state index in [9.17, 15) is 9.50 Å². The Morgan fingerprint density at radius 2 is 1.81 bits per heavy atom. The highest BCUT2D eigenvalue weighted by atomic mass is 19.1. The predicted molar refractivity (Wildman–Crippen MR) is 75.4 cm³/mol. The molecular formula is C14H16FN5O. The smallest absolute Gasteiger partial charge is 0.225 e. The van der Waals surface area contributed by atoms with Crippen molar-refractivity contribution >= 4 is 5.95 Å². The number of aromatic nitrogens is 3. The molecule has 0 aromatic carbocycles. The lowest BCUT2D eigenvalue weighted by Crippen LogP contribution is -2.44. The van der Waals surface area contributed by atoms with E-state index in [1.54, 1.807) is 12.4 Å². The Balaban J connectivity index is 1.75. The summed E-state index contributed by atoms with van der Waals surface area (Å²) in [6.45, 7) is 3.54. The number of hydrogen-bond acceptors (Lipinski definition) is 6. The van der Waals surface area contributed by atoms with Crippen LogP contribution in [0.1, 0.15) is 17.4 Å². The lowest BCUT2D eigenvalue weighted by Gasteiger charge is -2.27. The lowest BCUT2D eigenvalue weighted by atomic mass is 10.1. The van der Waals surface area contributed by atoms with E-state index in [0.29, 0.717) is 17.2 Å². The second-order valence-corrected chi connectivity index (χ2v) is 4.86. The second kappa shape index (κ2) is 6.11. The fraction of sp³-hybridized carbons (Fsp3) is 0.357. The van der Waals surface area contributed by atoms with Crippen LogP contribution in [0.25, 0.3) is 0 Å². The van der Waals surface area contributed by atoms with Crippen molar-refractivity contribution in [2.45, 2.75) is 6.10 Å². The average Bonchev–Trinajstić information content (AvgIpc) is 2.56. The minimum absolute atomic E-state index is 0.370. The molecule has 3 heterocycles. The van der Waals surface area contributed by atoms with Gasteiger partial charge in [-0.25, -0.2) is 14.4 Å². The number of aliphatic hydroxyl groups is 1. The average molecular weight is 289 g/mol. The molecule has 2 N–H and O–H groups in total. The van der Waals surface area contributed by atoms with E-state index in [2.05, 4.69) is 25.2 Å². The van der Waals surface area contributed by atoms with Crippen LogP contribution in [0.4, 0.5) is 10.3 Å². The zero-order valence-electron chi connectivity index (χ0n) is 11.4. The van der Waals surface area contributed by atoms with E-state index >= 15 is 0 Å². The summed E-state index contributed by atoms with van der Waals surface area (Å²) >= 11 is 0. The molecule has 0 spiro atoms. The molecule has 110 valence electrons. The van der Waals surface area contributed by atoms with E-state index in [-0.39, 0.29) is 0 Å². The molecule has 0 radical (unpaired) electrons. The maximum atomic E-state index is 12.8. The molecule has 0 saturated carbocycles. The molecule has 0 amide bonds. The fourth-order valence-electron chi connectivity index (χ4n) is 2.22. The van der Waals surface area contributed by atoms with Crippen molar-refractivity contribution in [3.05, 3.63) is 47.8 Å². The highest BCUT2D eigenvalue weighted by Crippen LogP contribution is 2.20. The standard InChI is InChI=1S/C14H16FN5O/c15-11-1-2-12(17-9-11)13(21)10-7-18-14(19-8-10)20-5-3-16-4-6-20/h1-2,7-9,13,16,21H,3-6H2. The number of aliphatic hydroxyl groups excluding tert-OH is 1. The second-order valence-electron chi connectivity index (χ2n) is 4.86. The van der Waals surface area contributed by atoms with Crippen LogP contribution in [0, 0.1) is 5.82 Å². The monoisotopic (exact) mass is 289 g/mol. The van der Waals surface area contributed by atoms with Gasteiger partial charge in [-0.15, -0.1) is 0 Å². The van der Waals surface area contributed by atoms with Gasteiger partial charge in [0.05, 0.1) is 11.9 Å². The van der Waals surface area contributed by atoms with Crippen molar-refractivity contribution in [2.24, 2.45) is 0 Å². The largest absolute Gasteiger partial charge is 0.382 e. The third-order valence-electron chi connectivity index (χ3n) is 3.40. The lowest BCUT2D eigenvalue weighted by molar-refractivity contribution is 0.214. The first-order valence-electron chi connectivity index (χ1n) is 6.81. The molecule has 2 aromatic heterocycles. The van der Waals surface area contributed by atoms with E-state index in [4.69, 9.17) is 0 Å². The van der Waals surface area contributed by atoms with Gasteiger partial charge in [-0.05, 0) is 12.1 Å². The van der Waals surface area contributed by atoms with Crippen molar-refractivity contribution in [1.82, 2.24) is 20.3 Å². The molecule has 3 rings (SSSR count). The van der Waals surface area contributed by atoms with Crippen molar-refractivity contribution in [3.63, 3.8) is 0 Å². The van der Waals surface area contributed by atoms with Crippen LogP contribution >= 0.6 is 0 Å². The fourth-order valence-corrected chi connectivity index (χ4v) is 2.22. The molecule has 0 bridgehead atoms. The summed E-state index contributed by atoms with van der Waals surface area (Å²) in [5.74, 6) is 0.218. The Bertz CT molecular complexity index is 583. The van der Waals surface area contributed by atoms with Crippen LogP contribution in [0.5, 0.6) is 0 Å². The summed E-state index contributed by atoms with van der Waals surface area (Å²) in [5.41, 5.74) is 0.905. The number of halogens is 1.